The zero-order valence-corrected chi connectivity index (χ0v) is 13.3. The van der Waals surface area contributed by atoms with Gasteiger partial charge in [0.2, 0.25) is 0 Å². The Hall–Kier alpha value is -2.68. The molecule has 1 aromatic carbocycles. The molecular weight excluding hydrogens is 332 g/mol. The Labute approximate surface area is 138 Å². The van der Waals surface area contributed by atoms with E-state index in [0.717, 1.165) is 14.2 Å². The van der Waals surface area contributed by atoms with Crippen molar-refractivity contribution in [1.29, 1.82) is 0 Å². The van der Waals surface area contributed by atoms with E-state index in [2.05, 4.69) is 14.8 Å². The molecule has 0 fully saturated rings. The van der Waals surface area contributed by atoms with Crippen LogP contribution in [-0.4, -0.2) is 39.1 Å². The third kappa shape index (κ3) is 7.23. The van der Waals surface area contributed by atoms with Crippen molar-refractivity contribution in [3.05, 3.63) is 23.8 Å². The number of nitrogens with one attached hydrogen (secondary N) is 1. The fourth-order valence-electron chi connectivity index (χ4n) is 1.46. The predicted molar refractivity (Wildman–Crippen MR) is 81.0 cm³/mol. The summed E-state index contributed by atoms with van der Waals surface area (Å²) >= 11 is 0. The topological polar surface area (TPSA) is 126 Å². The number of rotatable bonds is 5. The highest BCUT2D eigenvalue weighted by molar-refractivity contribution is 5.85. The van der Waals surface area contributed by atoms with E-state index in [1.54, 1.807) is 6.07 Å². The second-order valence-electron chi connectivity index (χ2n) is 3.93. The lowest BCUT2D eigenvalue weighted by Gasteiger charge is -2.11. The molecule has 0 aliphatic rings. The first-order valence-corrected chi connectivity index (χ1v) is 6.14. The van der Waals surface area contributed by atoms with E-state index in [-0.39, 0.29) is 23.9 Å². The molecule has 2 amide bonds. The van der Waals surface area contributed by atoms with Gasteiger partial charge in [-0.15, -0.1) is 12.4 Å². The van der Waals surface area contributed by atoms with Crippen molar-refractivity contribution in [3.8, 4) is 11.5 Å². The molecule has 0 aliphatic heterocycles. The van der Waals surface area contributed by atoms with Gasteiger partial charge >= 0.3 is 18.3 Å². The van der Waals surface area contributed by atoms with Gasteiger partial charge < -0.3 is 30.0 Å². The number of hydrogen-bond acceptors (Lipinski definition) is 7. The average Bonchev–Trinajstić information content (AvgIpc) is 2.49. The molecule has 0 bridgehead atoms. The smallest absolute Gasteiger partial charge is 0.437 e. The van der Waals surface area contributed by atoms with Gasteiger partial charge in [0.15, 0.2) is 11.5 Å². The van der Waals surface area contributed by atoms with Crippen LogP contribution < -0.4 is 20.5 Å². The second kappa shape index (κ2) is 10.1. The molecule has 9 nitrogen and oxygen atoms in total. The SMILES string of the molecule is COC(=O)Oc1ccc(CCNC(N)=O)cc1OC(=O)OC.Cl. The highest BCUT2D eigenvalue weighted by Gasteiger charge is 2.15. The van der Waals surface area contributed by atoms with Crippen LogP contribution in [0.2, 0.25) is 0 Å². The first-order valence-electron chi connectivity index (χ1n) is 6.14. The van der Waals surface area contributed by atoms with Crippen molar-refractivity contribution in [2.24, 2.45) is 5.73 Å². The first-order chi connectivity index (χ1) is 10.5. The van der Waals surface area contributed by atoms with E-state index in [1.165, 1.54) is 12.1 Å². The number of carbonyl (C=O) groups excluding carboxylic acids is 3. The number of urea groups is 1. The summed E-state index contributed by atoms with van der Waals surface area (Å²) in [6.45, 7) is 0.296. The average molecular weight is 349 g/mol. The normalized spacial score (nSPS) is 9.13. The van der Waals surface area contributed by atoms with Gasteiger partial charge in [0, 0.05) is 6.54 Å². The Bertz CT molecular complexity index is 565. The number of carbonyl (C=O) groups is 3. The molecule has 0 aliphatic carbocycles. The summed E-state index contributed by atoms with van der Waals surface area (Å²) in [5.74, 6) is -0.0299. The molecule has 128 valence electrons. The van der Waals surface area contributed by atoms with Crippen molar-refractivity contribution in [2.45, 2.75) is 6.42 Å². The molecule has 0 atom stereocenters. The largest absolute Gasteiger partial charge is 0.513 e. The van der Waals surface area contributed by atoms with Crippen molar-refractivity contribution in [1.82, 2.24) is 5.32 Å². The maximum absolute atomic E-state index is 11.2. The Balaban J connectivity index is 0.00000484. The number of primary amides is 1. The Morgan fingerprint density at radius 1 is 1.04 bits per heavy atom. The molecular formula is C13H17ClN2O7. The quantitative estimate of drug-likeness (QED) is 0.611. The van der Waals surface area contributed by atoms with Crippen LogP contribution in [0.1, 0.15) is 5.56 Å². The summed E-state index contributed by atoms with van der Waals surface area (Å²) in [7, 11) is 2.29. The molecule has 0 heterocycles. The van der Waals surface area contributed by atoms with Crippen molar-refractivity contribution in [3.63, 3.8) is 0 Å². The molecule has 1 aromatic rings. The second-order valence-corrected chi connectivity index (χ2v) is 3.93. The standard InChI is InChI=1S/C13H16N2O7.ClH/c1-19-12(17)21-9-4-3-8(5-6-15-11(14)16)7-10(9)22-13(18)20-2;/h3-4,7H,5-6H2,1-2H3,(H3,14,15,16);1H. The van der Waals surface area contributed by atoms with Crippen LogP contribution in [-0.2, 0) is 15.9 Å². The van der Waals surface area contributed by atoms with Crippen LogP contribution in [0.25, 0.3) is 0 Å². The Morgan fingerprint density at radius 2 is 1.61 bits per heavy atom. The van der Waals surface area contributed by atoms with Gasteiger partial charge in [-0.25, -0.2) is 14.4 Å². The molecule has 0 unspecified atom stereocenters. The Kier molecular flexibility index (Phi) is 8.94. The molecule has 0 aromatic heterocycles. The van der Waals surface area contributed by atoms with Crippen LogP contribution in [0.15, 0.2) is 18.2 Å². The van der Waals surface area contributed by atoms with Gasteiger partial charge in [0.1, 0.15) is 0 Å². The van der Waals surface area contributed by atoms with E-state index in [0.29, 0.717) is 18.5 Å². The van der Waals surface area contributed by atoms with Gasteiger partial charge in [-0.3, -0.25) is 0 Å². The van der Waals surface area contributed by atoms with Crippen LogP contribution >= 0.6 is 12.4 Å². The molecule has 0 radical (unpaired) electrons. The van der Waals surface area contributed by atoms with Gasteiger partial charge in [0.25, 0.3) is 0 Å². The fourth-order valence-corrected chi connectivity index (χ4v) is 1.46. The summed E-state index contributed by atoms with van der Waals surface area (Å²) in [6.07, 6.45) is -1.50. The maximum atomic E-state index is 11.2. The molecule has 3 N–H and O–H groups in total. The van der Waals surface area contributed by atoms with Crippen LogP contribution in [0, 0.1) is 0 Å². The van der Waals surface area contributed by atoms with E-state index in [9.17, 15) is 14.4 Å². The lowest BCUT2D eigenvalue weighted by Crippen LogP contribution is -2.30. The summed E-state index contributed by atoms with van der Waals surface area (Å²) in [4.78, 5) is 33.0. The molecule has 10 heteroatoms. The van der Waals surface area contributed by atoms with Crippen molar-refractivity contribution < 1.29 is 33.3 Å². The van der Waals surface area contributed by atoms with Crippen molar-refractivity contribution >= 4 is 30.7 Å². The number of nitrogens with two attached hydrogens (primary N) is 1. The molecule has 0 saturated heterocycles. The summed E-state index contributed by atoms with van der Waals surface area (Å²) in [5, 5.41) is 2.42. The van der Waals surface area contributed by atoms with E-state index in [4.69, 9.17) is 15.2 Å². The number of methoxy groups -OCH3 is 2. The van der Waals surface area contributed by atoms with E-state index >= 15 is 0 Å². The van der Waals surface area contributed by atoms with Crippen LogP contribution in [0.4, 0.5) is 14.4 Å². The third-order valence-electron chi connectivity index (χ3n) is 2.44. The molecule has 1 rings (SSSR count). The predicted octanol–water partition coefficient (Wildman–Crippen LogP) is 1.61. The summed E-state index contributed by atoms with van der Waals surface area (Å²) < 4.78 is 18.5. The monoisotopic (exact) mass is 348 g/mol. The van der Waals surface area contributed by atoms with E-state index in [1.807, 2.05) is 0 Å². The minimum atomic E-state index is -0.970. The zero-order chi connectivity index (χ0) is 16.5. The third-order valence-corrected chi connectivity index (χ3v) is 2.44. The molecule has 23 heavy (non-hydrogen) atoms. The number of benzene rings is 1. The van der Waals surface area contributed by atoms with Gasteiger partial charge in [-0.05, 0) is 24.1 Å². The van der Waals surface area contributed by atoms with Crippen LogP contribution in [0.3, 0.4) is 0 Å². The maximum Gasteiger partial charge on any atom is 0.513 e. The van der Waals surface area contributed by atoms with E-state index < -0.39 is 18.3 Å². The highest BCUT2D eigenvalue weighted by atomic mass is 35.5. The lowest BCUT2D eigenvalue weighted by molar-refractivity contribution is 0.110. The van der Waals surface area contributed by atoms with Gasteiger partial charge in [0.05, 0.1) is 14.2 Å². The minimum Gasteiger partial charge on any atom is -0.437 e. The summed E-state index contributed by atoms with van der Waals surface area (Å²) in [5.41, 5.74) is 5.67. The Morgan fingerprint density at radius 3 is 2.13 bits per heavy atom. The fraction of sp³-hybridized carbons (Fsp3) is 0.308. The number of amides is 2. The highest BCUT2D eigenvalue weighted by Crippen LogP contribution is 2.29. The molecule has 0 saturated carbocycles. The van der Waals surface area contributed by atoms with Crippen molar-refractivity contribution in [2.75, 3.05) is 20.8 Å². The number of ether oxygens (including phenoxy) is 4. The van der Waals surface area contributed by atoms with Gasteiger partial charge in [-0.1, -0.05) is 6.07 Å². The lowest BCUT2D eigenvalue weighted by atomic mass is 10.1. The molecule has 0 spiro atoms. The number of hydrogen-bond donors (Lipinski definition) is 2. The first kappa shape index (κ1) is 20.3. The van der Waals surface area contributed by atoms with Gasteiger partial charge in [-0.2, -0.15) is 0 Å². The number of halogens is 1. The summed E-state index contributed by atoms with van der Waals surface area (Å²) in [6, 6.07) is 3.88. The van der Waals surface area contributed by atoms with Crippen LogP contribution in [0.5, 0.6) is 11.5 Å². The zero-order valence-electron chi connectivity index (χ0n) is 12.5. The minimum absolute atomic E-state index is 0.